The lowest BCUT2D eigenvalue weighted by atomic mass is 10.1. The van der Waals surface area contributed by atoms with Gasteiger partial charge < -0.3 is 5.32 Å². The minimum absolute atomic E-state index is 0.0115. The van der Waals surface area contributed by atoms with Gasteiger partial charge >= 0.3 is 0 Å². The molecular formula is C27H23FN4O3S. The van der Waals surface area contributed by atoms with Crippen molar-refractivity contribution >= 4 is 15.7 Å². The number of aromatic nitrogens is 3. The highest BCUT2D eigenvalue weighted by Crippen LogP contribution is 2.22. The molecule has 2 aromatic carbocycles. The Morgan fingerprint density at radius 1 is 1.03 bits per heavy atom. The van der Waals surface area contributed by atoms with E-state index < -0.39 is 15.7 Å². The van der Waals surface area contributed by atoms with Gasteiger partial charge in [0.1, 0.15) is 5.82 Å². The monoisotopic (exact) mass is 502 g/mol. The molecule has 0 fully saturated rings. The number of sulfone groups is 1. The lowest BCUT2D eigenvalue weighted by Gasteiger charge is -2.10. The lowest BCUT2D eigenvalue weighted by molar-refractivity contribution is 0.0953. The number of hydrogen-bond donors (Lipinski definition) is 2. The molecule has 0 saturated heterocycles. The normalized spacial score (nSPS) is 10.9. The molecule has 0 aliphatic rings. The molecule has 0 bridgehead atoms. The van der Waals surface area contributed by atoms with Crippen LogP contribution in [-0.2, 0) is 22.0 Å². The molecule has 2 aromatic heterocycles. The fourth-order valence-corrected chi connectivity index (χ4v) is 4.99. The Hall–Kier alpha value is -4.29. The Kier molecular flexibility index (Phi) is 7.88. The van der Waals surface area contributed by atoms with Gasteiger partial charge in [-0.25, -0.2) is 12.8 Å². The summed E-state index contributed by atoms with van der Waals surface area (Å²) in [7, 11) is -3.79. The second-order valence-corrected chi connectivity index (χ2v) is 10.0. The van der Waals surface area contributed by atoms with Gasteiger partial charge in [-0.1, -0.05) is 17.9 Å². The van der Waals surface area contributed by atoms with Crippen molar-refractivity contribution in [2.24, 2.45) is 0 Å². The van der Waals surface area contributed by atoms with Crippen LogP contribution in [0.15, 0.2) is 84.3 Å². The first kappa shape index (κ1) is 24.8. The van der Waals surface area contributed by atoms with E-state index in [9.17, 15) is 17.6 Å². The van der Waals surface area contributed by atoms with Gasteiger partial charge in [0.25, 0.3) is 5.91 Å². The molecule has 0 atom stereocenters. The Balaban J connectivity index is 1.58. The van der Waals surface area contributed by atoms with Crippen LogP contribution in [0.4, 0.5) is 4.39 Å². The highest BCUT2D eigenvalue weighted by molar-refractivity contribution is 7.90. The number of nitrogens with zero attached hydrogens (tertiary/aromatic N) is 2. The lowest BCUT2D eigenvalue weighted by Crippen LogP contribution is -2.25. The van der Waals surface area contributed by atoms with E-state index in [1.54, 1.807) is 30.7 Å². The van der Waals surface area contributed by atoms with E-state index in [-0.39, 0.29) is 22.1 Å². The molecule has 1 amide bonds. The van der Waals surface area contributed by atoms with Crippen molar-refractivity contribution in [1.29, 1.82) is 0 Å². The van der Waals surface area contributed by atoms with Gasteiger partial charge in [0.2, 0.25) is 0 Å². The molecule has 7 nitrogen and oxygen atoms in total. The summed E-state index contributed by atoms with van der Waals surface area (Å²) >= 11 is 0. The van der Waals surface area contributed by atoms with Gasteiger partial charge in [-0.15, -0.1) is 0 Å². The van der Waals surface area contributed by atoms with Crippen molar-refractivity contribution in [1.82, 2.24) is 20.5 Å². The van der Waals surface area contributed by atoms with E-state index >= 15 is 0 Å². The summed E-state index contributed by atoms with van der Waals surface area (Å²) in [6, 6.07) is 13.3. The van der Waals surface area contributed by atoms with E-state index in [4.69, 9.17) is 0 Å². The second-order valence-electron chi connectivity index (χ2n) is 8.05. The minimum atomic E-state index is -3.79. The molecule has 0 radical (unpaired) electrons. The number of carbonyl (C=O) groups is 1. The molecule has 2 heterocycles. The zero-order valence-electron chi connectivity index (χ0n) is 19.2. The predicted molar refractivity (Wildman–Crippen MR) is 133 cm³/mol. The number of nitrogens with one attached hydrogen (secondary N) is 2. The van der Waals surface area contributed by atoms with E-state index in [1.165, 1.54) is 48.7 Å². The molecule has 4 rings (SSSR count). The first-order valence-corrected chi connectivity index (χ1v) is 12.8. The Bertz CT molecular complexity index is 1490. The van der Waals surface area contributed by atoms with Gasteiger partial charge in [0.15, 0.2) is 9.84 Å². The predicted octanol–water partition coefficient (Wildman–Crippen LogP) is 3.68. The fraction of sp³-hybridized carbons (Fsp3) is 0.148. The highest BCUT2D eigenvalue weighted by Gasteiger charge is 2.20. The maximum absolute atomic E-state index is 13.2. The minimum Gasteiger partial charge on any atom is -0.352 e. The SMILES string of the molecule is O=C(NCCCc1cn[nH]c1)c1ccc(S(=O)(=O)Cc2cccnc2)c(C#Cc2ccc(F)cc2)c1. The highest BCUT2D eigenvalue weighted by atomic mass is 32.2. The third-order valence-corrected chi connectivity index (χ3v) is 7.06. The van der Waals surface area contributed by atoms with Crippen LogP contribution in [0.3, 0.4) is 0 Å². The van der Waals surface area contributed by atoms with Crippen LogP contribution in [0.5, 0.6) is 0 Å². The molecule has 0 aliphatic heterocycles. The number of carbonyl (C=O) groups excluding carboxylic acids is 1. The summed E-state index contributed by atoms with van der Waals surface area (Å²) in [5.41, 5.74) is 2.58. The first-order valence-electron chi connectivity index (χ1n) is 11.2. The van der Waals surface area contributed by atoms with E-state index in [2.05, 4.69) is 32.3 Å². The topological polar surface area (TPSA) is 105 Å². The van der Waals surface area contributed by atoms with Gasteiger partial charge in [0, 0.05) is 41.8 Å². The van der Waals surface area contributed by atoms with Gasteiger partial charge in [-0.2, -0.15) is 5.10 Å². The molecule has 182 valence electrons. The van der Waals surface area contributed by atoms with Crippen molar-refractivity contribution in [3.63, 3.8) is 0 Å². The van der Waals surface area contributed by atoms with E-state index in [1.807, 2.05) is 0 Å². The average Bonchev–Trinajstić information content (AvgIpc) is 3.40. The number of hydrogen-bond acceptors (Lipinski definition) is 5. The van der Waals surface area contributed by atoms with Gasteiger partial charge in [0.05, 0.1) is 16.8 Å². The van der Waals surface area contributed by atoms with E-state index in [0.29, 0.717) is 23.2 Å². The molecule has 2 N–H and O–H groups in total. The van der Waals surface area contributed by atoms with Crippen LogP contribution >= 0.6 is 0 Å². The Labute approximate surface area is 208 Å². The summed E-state index contributed by atoms with van der Waals surface area (Å²) in [5, 5.41) is 9.49. The zero-order chi connectivity index (χ0) is 25.4. The van der Waals surface area contributed by atoms with Crippen LogP contribution in [0, 0.1) is 17.7 Å². The number of aromatic amines is 1. The quantitative estimate of drug-likeness (QED) is 0.283. The Morgan fingerprint density at radius 3 is 2.58 bits per heavy atom. The number of amides is 1. The second kappa shape index (κ2) is 11.4. The molecule has 0 saturated carbocycles. The van der Waals surface area contributed by atoms with Crippen molar-refractivity contribution in [3.05, 3.63) is 113 Å². The van der Waals surface area contributed by atoms with Crippen molar-refractivity contribution in [3.8, 4) is 11.8 Å². The summed E-state index contributed by atoms with van der Waals surface area (Å²) in [6.45, 7) is 0.446. The van der Waals surface area contributed by atoms with Crippen LogP contribution in [-0.4, -0.2) is 36.1 Å². The smallest absolute Gasteiger partial charge is 0.251 e. The molecule has 4 aromatic rings. The number of aryl methyl sites for hydroxylation is 1. The summed E-state index contributed by atoms with van der Waals surface area (Å²) < 4.78 is 39.7. The molecule has 9 heteroatoms. The maximum atomic E-state index is 13.2. The van der Waals surface area contributed by atoms with Crippen molar-refractivity contribution < 1.29 is 17.6 Å². The standard InChI is InChI=1S/C27H23FN4O3S/c28-25-10-6-20(7-11-25)5-8-23-15-24(27(33)30-14-2-3-21-17-31-32-18-21)9-12-26(23)36(34,35)19-22-4-1-13-29-16-22/h1,4,6-7,9-13,15-18H,2-3,14,19H2,(H,30,33)(H,31,32). The first-order chi connectivity index (χ1) is 17.4. The molecule has 0 unspecified atom stereocenters. The molecular weight excluding hydrogens is 479 g/mol. The number of rotatable bonds is 8. The maximum Gasteiger partial charge on any atom is 0.251 e. The third kappa shape index (κ3) is 6.64. The van der Waals surface area contributed by atoms with Crippen LogP contribution in [0.25, 0.3) is 0 Å². The van der Waals surface area contributed by atoms with Gasteiger partial charge in [-0.3, -0.25) is 14.9 Å². The average molecular weight is 503 g/mol. The fourth-order valence-electron chi connectivity index (χ4n) is 3.50. The molecule has 0 spiro atoms. The van der Waals surface area contributed by atoms with E-state index in [0.717, 1.165) is 18.4 Å². The molecule has 36 heavy (non-hydrogen) atoms. The summed E-state index contributed by atoms with van der Waals surface area (Å²) in [4.78, 5) is 16.7. The number of benzene rings is 2. The number of halogens is 1. The van der Waals surface area contributed by atoms with Gasteiger partial charge in [-0.05, 0) is 72.5 Å². The molecule has 0 aliphatic carbocycles. The van der Waals surface area contributed by atoms with Crippen LogP contribution in [0.1, 0.15) is 39.0 Å². The number of pyridine rings is 1. The van der Waals surface area contributed by atoms with Crippen LogP contribution in [0.2, 0.25) is 0 Å². The number of H-pyrrole nitrogens is 1. The van der Waals surface area contributed by atoms with Crippen molar-refractivity contribution in [2.45, 2.75) is 23.5 Å². The summed E-state index contributed by atoms with van der Waals surface area (Å²) in [5.74, 6) is 4.74. The van der Waals surface area contributed by atoms with Crippen molar-refractivity contribution in [2.75, 3.05) is 6.54 Å². The largest absolute Gasteiger partial charge is 0.352 e. The Morgan fingerprint density at radius 2 is 1.86 bits per heavy atom. The zero-order valence-corrected chi connectivity index (χ0v) is 20.1. The third-order valence-electron chi connectivity index (χ3n) is 5.32. The van der Waals surface area contributed by atoms with Crippen LogP contribution < -0.4 is 5.32 Å². The summed E-state index contributed by atoms with van der Waals surface area (Å²) in [6.07, 6.45) is 8.08.